The van der Waals surface area contributed by atoms with E-state index >= 15 is 0 Å². The minimum atomic E-state index is -0.00216. The smallest absolute Gasteiger partial charge is 0.237 e. The molecule has 2 rings (SSSR count). The molecule has 1 fully saturated rings. The molecular weight excluding hydrogens is 248 g/mol. The highest BCUT2D eigenvalue weighted by Crippen LogP contribution is 2.11. The molecule has 4 heteroatoms. The number of hydrogen-bond donors (Lipinski definition) is 2. The Labute approximate surface area is 113 Å². The molecule has 1 amide bonds. The van der Waals surface area contributed by atoms with Gasteiger partial charge in [0.15, 0.2) is 0 Å². The molecule has 0 spiro atoms. The zero-order valence-electron chi connectivity index (χ0n) is 10.6. The third-order valence-electron chi connectivity index (χ3n) is 3.22. The van der Waals surface area contributed by atoms with Gasteiger partial charge in [-0.25, -0.2) is 0 Å². The van der Waals surface area contributed by atoms with Gasteiger partial charge in [0.1, 0.15) is 0 Å². The number of nitrogens with one attached hydrogen (secondary N) is 2. The van der Waals surface area contributed by atoms with Gasteiger partial charge >= 0.3 is 0 Å². The molecule has 1 aromatic rings. The molecule has 98 valence electrons. The molecule has 1 heterocycles. The molecule has 2 atom stereocenters. The second-order valence-electron chi connectivity index (χ2n) is 4.89. The minimum Gasteiger partial charge on any atom is -0.352 e. The Morgan fingerprint density at radius 1 is 1.50 bits per heavy atom. The van der Waals surface area contributed by atoms with E-state index in [2.05, 4.69) is 10.6 Å². The van der Waals surface area contributed by atoms with Gasteiger partial charge in [-0.15, -0.1) is 0 Å². The van der Waals surface area contributed by atoms with Gasteiger partial charge < -0.3 is 10.6 Å². The quantitative estimate of drug-likeness (QED) is 0.877. The van der Waals surface area contributed by atoms with E-state index < -0.39 is 0 Å². The van der Waals surface area contributed by atoms with Gasteiger partial charge in [-0.2, -0.15) is 0 Å². The first-order chi connectivity index (χ1) is 8.65. The number of carbonyl (C=O) groups excluding carboxylic acids is 1. The number of amides is 1. The van der Waals surface area contributed by atoms with Crippen LogP contribution in [0.15, 0.2) is 24.3 Å². The third-order valence-corrected chi connectivity index (χ3v) is 3.47. The largest absolute Gasteiger partial charge is 0.352 e. The van der Waals surface area contributed by atoms with Crippen molar-refractivity contribution in [1.82, 2.24) is 10.6 Å². The fourth-order valence-electron chi connectivity index (χ4n) is 2.28. The average molecular weight is 267 g/mol. The van der Waals surface area contributed by atoms with Crippen LogP contribution in [-0.4, -0.2) is 24.5 Å². The lowest BCUT2D eigenvalue weighted by Gasteiger charge is -2.17. The Bertz CT molecular complexity index is 399. The summed E-state index contributed by atoms with van der Waals surface area (Å²) in [4.78, 5) is 11.9. The van der Waals surface area contributed by atoms with Crippen molar-refractivity contribution in [2.24, 2.45) is 0 Å². The van der Waals surface area contributed by atoms with Gasteiger partial charge in [0.25, 0.3) is 0 Å². The van der Waals surface area contributed by atoms with Crippen molar-refractivity contribution in [1.29, 1.82) is 0 Å². The molecule has 3 nitrogen and oxygen atoms in total. The standard InChI is InChI=1S/C14H19ClN2O/c1-10(9-11-4-6-12(15)7-5-11)17-14(18)13-3-2-8-16-13/h4-7,10,13,16H,2-3,8-9H2,1H3,(H,17,18). The van der Waals surface area contributed by atoms with Crippen molar-refractivity contribution in [3.8, 4) is 0 Å². The Hall–Kier alpha value is -1.06. The average Bonchev–Trinajstić information content (AvgIpc) is 2.85. The van der Waals surface area contributed by atoms with Gasteiger partial charge in [-0.05, 0) is 50.4 Å². The molecule has 18 heavy (non-hydrogen) atoms. The van der Waals surface area contributed by atoms with Crippen LogP contribution in [0.1, 0.15) is 25.3 Å². The molecule has 1 aliphatic heterocycles. The lowest BCUT2D eigenvalue weighted by atomic mass is 10.1. The first-order valence-corrected chi connectivity index (χ1v) is 6.81. The highest BCUT2D eigenvalue weighted by molar-refractivity contribution is 6.30. The van der Waals surface area contributed by atoms with Crippen LogP contribution in [0.4, 0.5) is 0 Å². The molecule has 0 aromatic heterocycles. The number of hydrogen-bond acceptors (Lipinski definition) is 2. The van der Waals surface area contributed by atoms with Crippen LogP contribution in [0.25, 0.3) is 0 Å². The predicted molar refractivity (Wildman–Crippen MR) is 73.8 cm³/mol. The lowest BCUT2D eigenvalue weighted by Crippen LogP contribution is -2.44. The van der Waals surface area contributed by atoms with Crippen molar-refractivity contribution in [3.63, 3.8) is 0 Å². The summed E-state index contributed by atoms with van der Waals surface area (Å²) in [5.41, 5.74) is 1.19. The SMILES string of the molecule is CC(Cc1ccc(Cl)cc1)NC(=O)C1CCCN1. The third kappa shape index (κ3) is 3.72. The highest BCUT2D eigenvalue weighted by Gasteiger charge is 2.22. The maximum absolute atomic E-state index is 11.9. The van der Waals surface area contributed by atoms with Crippen molar-refractivity contribution in [2.75, 3.05) is 6.54 Å². The van der Waals surface area contributed by atoms with Crippen molar-refractivity contribution >= 4 is 17.5 Å². The zero-order valence-corrected chi connectivity index (χ0v) is 11.3. The summed E-state index contributed by atoms with van der Waals surface area (Å²) in [6.45, 7) is 2.98. The molecule has 1 aromatic carbocycles. The Balaban J connectivity index is 1.82. The van der Waals surface area contributed by atoms with E-state index in [1.54, 1.807) is 0 Å². The van der Waals surface area contributed by atoms with Crippen molar-refractivity contribution in [3.05, 3.63) is 34.9 Å². The van der Waals surface area contributed by atoms with Gasteiger partial charge in [0.05, 0.1) is 6.04 Å². The summed E-state index contributed by atoms with van der Waals surface area (Å²) in [5, 5.41) is 7.00. The lowest BCUT2D eigenvalue weighted by molar-refractivity contribution is -0.123. The Morgan fingerprint density at radius 3 is 2.83 bits per heavy atom. The van der Waals surface area contributed by atoms with E-state index in [0.29, 0.717) is 0 Å². The van der Waals surface area contributed by atoms with Gasteiger partial charge in [0.2, 0.25) is 5.91 Å². The van der Waals surface area contributed by atoms with Crippen LogP contribution in [-0.2, 0) is 11.2 Å². The van der Waals surface area contributed by atoms with E-state index in [0.717, 1.165) is 30.8 Å². The second kappa shape index (κ2) is 6.21. The fraction of sp³-hybridized carbons (Fsp3) is 0.500. The number of carbonyl (C=O) groups is 1. The molecule has 0 aliphatic carbocycles. The maximum atomic E-state index is 11.9. The first-order valence-electron chi connectivity index (χ1n) is 6.43. The Morgan fingerprint density at radius 2 is 2.22 bits per heavy atom. The van der Waals surface area contributed by atoms with E-state index in [1.807, 2.05) is 31.2 Å². The van der Waals surface area contributed by atoms with E-state index in [9.17, 15) is 4.79 Å². The second-order valence-corrected chi connectivity index (χ2v) is 5.33. The predicted octanol–water partition coefficient (Wildman–Crippen LogP) is 2.14. The summed E-state index contributed by atoms with van der Waals surface area (Å²) >= 11 is 5.84. The van der Waals surface area contributed by atoms with E-state index in [-0.39, 0.29) is 18.0 Å². The molecule has 1 saturated heterocycles. The summed E-state index contributed by atoms with van der Waals surface area (Å²) in [6, 6.07) is 7.89. The number of benzene rings is 1. The first kappa shape index (κ1) is 13.4. The topological polar surface area (TPSA) is 41.1 Å². The van der Waals surface area contributed by atoms with Gasteiger partial charge in [-0.1, -0.05) is 23.7 Å². The molecule has 2 unspecified atom stereocenters. The monoisotopic (exact) mass is 266 g/mol. The highest BCUT2D eigenvalue weighted by atomic mass is 35.5. The molecule has 1 aliphatic rings. The molecule has 0 bridgehead atoms. The fourth-order valence-corrected chi connectivity index (χ4v) is 2.40. The van der Waals surface area contributed by atoms with Crippen LogP contribution in [0.3, 0.4) is 0 Å². The minimum absolute atomic E-state index is 0.00216. The van der Waals surface area contributed by atoms with E-state index in [1.165, 1.54) is 5.56 Å². The Kier molecular flexibility index (Phi) is 4.61. The zero-order chi connectivity index (χ0) is 13.0. The summed E-state index contributed by atoms with van der Waals surface area (Å²) in [5.74, 6) is 0.119. The van der Waals surface area contributed by atoms with Crippen LogP contribution in [0.2, 0.25) is 5.02 Å². The maximum Gasteiger partial charge on any atom is 0.237 e. The number of rotatable bonds is 4. The van der Waals surface area contributed by atoms with Crippen LogP contribution >= 0.6 is 11.6 Å². The molecular formula is C14H19ClN2O. The summed E-state index contributed by atoms with van der Waals surface area (Å²) in [6.07, 6.45) is 2.86. The van der Waals surface area contributed by atoms with E-state index in [4.69, 9.17) is 11.6 Å². The molecule has 0 radical (unpaired) electrons. The normalized spacial score (nSPS) is 20.7. The van der Waals surface area contributed by atoms with Gasteiger partial charge in [0, 0.05) is 11.1 Å². The van der Waals surface area contributed by atoms with Crippen LogP contribution < -0.4 is 10.6 Å². The molecule has 2 N–H and O–H groups in total. The molecule has 0 saturated carbocycles. The summed E-state index contributed by atoms with van der Waals surface area (Å²) < 4.78 is 0. The van der Waals surface area contributed by atoms with Crippen LogP contribution in [0, 0.1) is 0 Å². The van der Waals surface area contributed by atoms with Gasteiger partial charge in [-0.3, -0.25) is 4.79 Å². The van der Waals surface area contributed by atoms with Crippen molar-refractivity contribution < 1.29 is 4.79 Å². The number of halogens is 1. The summed E-state index contributed by atoms with van der Waals surface area (Å²) in [7, 11) is 0. The van der Waals surface area contributed by atoms with Crippen molar-refractivity contribution in [2.45, 2.75) is 38.3 Å². The van der Waals surface area contributed by atoms with Crippen LogP contribution in [0.5, 0.6) is 0 Å².